The second kappa shape index (κ2) is 5.69. The number of H-pyrrole nitrogens is 1. The van der Waals surface area contributed by atoms with E-state index < -0.39 is 0 Å². The number of aromatic nitrogens is 1. The van der Waals surface area contributed by atoms with Crippen molar-refractivity contribution < 1.29 is 9.18 Å². The molecule has 1 aliphatic heterocycles. The molecule has 0 unspecified atom stereocenters. The number of hydrogen-bond donors (Lipinski definition) is 2. The molecule has 1 aliphatic rings. The van der Waals surface area contributed by atoms with E-state index in [1.165, 1.54) is 12.1 Å². The molecule has 0 atom stereocenters. The van der Waals surface area contributed by atoms with Crippen molar-refractivity contribution >= 4 is 28.2 Å². The van der Waals surface area contributed by atoms with Crippen molar-refractivity contribution in [2.45, 2.75) is 19.3 Å². The molecule has 0 spiro atoms. The highest BCUT2D eigenvalue weighted by atomic mass is 19.1. The molecule has 132 valence electrons. The van der Waals surface area contributed by atoms with Gasteiger partial charge < -0.3 is 10.3 Å². The molecular formula is C20H18FN3O2. The van der Waals surface area contributed by atoms with Crippen molar-refractivity contribution in [3.8, 4) is 0 Å². The highest BCUT2D eigenvalue weighted by Crippen LogP contribution is 2.41. The van der Waals surface area contributed by atoms with Crippen molar-refractivity contribution in [1.82, 2.24) is 4.98 Å². The second-order valence-corrected chi connectivity index (χ2v) is 7.14. The van der Waals surface area contributed by atoms with Gasteiger partial charge in [-0.05, 0) is 35.9 Å². The standard InChI is InChI=1S/C20H18FN3O2/c1-20(2)11-24(17-10-12(21)6-7-15(17)20)19(26)23-16-5-3-4-14-13(16)8-9-22-18(14)25/h3-10H,11H2,1-2H3,(H,22,25)(H,23,26). The smallest absolute Gasteiger partial charge is 0.326 e. The van der Waals surface area contributed by atoms with Crippen LogP contribution in [-0.4, -0.2) is 17.6 Å². The maximum atomic E-state index is 13.7. The molecule has 2 aromatic carbocycles. The number of pyridine rings is 1. The molecule has 1 aromatic heterocycles. The van der Waals surface area contributed by atoms with E-state index in [0.717, 1.165) is 5.56 Å². The lowest BCUT2D eigenvalue weighted by molar-refractivity contribution is 0.256. The van der Waals surface area contributed by atoms with E-state index in [-0.39, 0.29) is 22.8 Å². The van der Waals surface area contributed by atoms with Crippen LogP contribution in [0.3, 0.4) is 0 Å². The lowest BCUT2D eigenvalue weighted by Gasteiger charge is -2.21. The summed E-state index contributed by atoms with van der Waals surface area (Å²) in [5.74, 6) is -0.379. The molecule has 3 aromatic rings. The van der Waals surface area contributed by atoms with Gasteiger partial charge in [0.2, 0.25) is 0 Å². The minimum atomic E-state index is -0.379. The fraction of sp³-hybridized carbons (Fsp3) is 0.200. The van der Waals surface area contributed by atoms with Gasteiger partial charge >= 0.3 is 6.03 Å². The summed E-state index contributed by atoms with van der Waals surface area (Å²) < 4.78 is 13.7. The number of nitrogens with one attached hydrogen (secondary N) is 2. The summed E-state index contributed by atoms with van der Waals surface area (Å²) in [6, 6.07) is 11.1. The van der Waals surface area contributed by atoms with Crippen LogP contribution in [-0.2, 0) is 5.41 Å². The number of carbonyl (C=O) groups is 1. The van der Waals surface area contributed by atoms with Gasteiger partial charge in [-0.1, -0.05) is 26.0 Å². The number of nitrogens with zero attached hydrogens (tertiary/aromatic N) is 1. The zero-order chi connectivity index (χ0) is 18.5. The number of amides is 2. The first-order valence-corrected chi connectivity index (χ1v) is 8.36. The van der Waals surface area contributed by atoms with Crippen LogP contribution < -0.4 is 15.8 Å². The van der Waals surface area contributed by atoms with Crippen LogP contribution in [0.4, 0.5) is 20.6 Å². The van der Waals surface area contributed by atoms with E-state index in [1.807, 2.05) is 13.8 Å². The van der Waals surface area contributed by atoms with Gasteiger partial charge in [-0.25, -0.2) is 9.18 Å². The molecule has 0 bridgehead atoms. The number of urea groups is 1. The molecule has 2 N–H and O–H groups in total. The molecule has 0 radical (unpaired) electrons. The fourth-order valence-electron chi connectivity index (χ4n) is 3.56. The van der Waals surface area contributed by atoms with Crippen molar-refractivity contribution in [3.05, 3.63) is 70.4 Å². The number of carbonyl (C=O) groups excluding carboxylic acids is 1. The highest BCUT2D eigenvalue weighted by Gasteiger charge is 2.38. The van der Waals surface area contributed by atoms with Gasteiger partial charge in [0.1, 0.15) is 5.82 Å². The van der Waals surface area contributed by atoms with Gasteiger partial charge in [0.05, 0.1) is 11.4 Å². The number of benzene rings is 2. The quantitative estimate of drug-likeness (QED) is 0.696. The molecule has 0 aliphatic carbocycles. The van der Waals surface area contributed by atoms with Crippen LogP contribution in [0.1, 0.15) is 19.4 Å². The number of hydrogen-bond acceptors (Lipinski definition) is 2. The molecular weight excluding hydrogens is 333 g/mol. The molecule has 5 nitrogen and oxygen atoms in total. The molecule has 2 amide bonds. The summed E-state index contributed by atoms with van der Waals surface area (Å²) >= 11 is 0. The number of rotatable bonds is 1. The monoisotopic (exact) mass is 351 g/mol. The van der Waals surface area contributed by atoms with Gasteiger partial charge in [0, 0.05) is 28.9 Å². The molecule has 4 rings (SSSR count). The van der Waals surface area contributed by atoms with Crippen molar-refractivity contribution in [2.75, 3.05) is 16.8 Å². The van der Waals surface area contributed by atoms with E-state index in [1.54, 1.807) is 41.4 Å². The minimum absolute atomic E-state index is 0.215. The van der Waals surface area contributed by atoms with Crippen LogP contribution in [0.5, 0.6) is 0 Å². The van der Waals surface area contributed by atoms with Gasteiger partial charge in [0.15, 0.2) is 0 Å². The maximum absolute atomic E-state index is 13.7. The normalized spacial score (nSPS) is 15.1. The number of anilines is 2. The average molecular weight is 351 g/mol. The predicted molar refractivity (Wildman–Crippen MR) is 100 cm³/mol. The Bertz CT molecular complexity index is 1090. The summed E-state index contributed by atoms with van der Waals surface area (Å²) in [5.41, 5.74) is 1.57. The zero-order valence-corrected chi connectivity index (χ0v) is 14.5. The maximum Gasteiger partial charge on any atom is 0.326 e. The third-order valence-electron chi connectivity index (χ3n) is 4.84. The van der Waals surface area contributed by atoms with Crippen LogP contribution in [0.25, 0.3) is 10.8 Å². The topological polar surface area (TPSA) is 65.2 Å². The van der Waals surface area contributed by atoms with Gasteiger partial charge in [-0.15, -0.1) is 0 Å². The third-order valence-corrected chi connectivity index (χ3v) is 4.84. The molecule has 0 saturated carbocycles. The Kier molecular flexibility index (Phi) is 3.57. The Labute approximate surface area is 149 Å². The Hall–Kier alpha value is -3.15. The lowest BCUT2D eigenvalue weighted by atomic mass is 9.87. The van der Waals surface area contributed by atoms with Gasteiger partial charge in [0.25, 0.3) is 5.56 Å². The SMILES string of the molecule is CC1(C)CN(C(=O)Nc2cccc3c(=O)[nH]ccc23)c2cc(F)ccc21. The molecule has 0 saturated heterocycles. The Morgan fingerprint density at radius 2 is 2.00 bits per heavy atom. The second-order valence-electron chi connectivity index (χ2n) is 7.14. The van der Waals surface area contributed by atoms with Crippen molar-refractivity contribution in [3.63, 3.8) is 0 Å². The summed E-state index contributed by atoms with van der Waals surface area (Å²) in [7, 11) is 0. The average Bonchev–Trinajstić information content (AvgIpc) is 2.86. The first kappa shape index (κ1) is 16.3. The Morgan fingerprint density at radius 3 is 2.81 bits per heavy atom. The number of fused-ring (bicyclic) bond motifs is 2. The van der Waals surface area contributed by atoms with Crippen molar-refractivity contribution in [2.24, 2.45) is 0 Å². The summed E-state index contributed by atoms with van der Waals surface area (Å²) in [4.78, 5) is 29.0. The highest BCUT2D eigenvalue weighted by molar-refractivity contribution is 6.08. The van der Waals surface area contributed by atoms with E-state index >= 15 is 0 Å². The number of aromatic amines is 1. The largest absolute Gasteiger partial charge is 0.329 e. The Morgan fingerprint density at radius 1 is 1.19 bits per heavy atom. The first-order valence-electron chi connectivity index (χ1n) is 8.36. The van der Waals surface area contributed by atoms with Crippen LogP contribution in [0.2, 0.25) is 0 Å². The fourth-order valence-corrected chi connectivity index (χ4v) is 3.56. The Balaban J connectivity index is 1.72. The first-order chi connectivity index (χ1) is 12.4. The van der Waals surface area contributed by atoms with E-state index in [9.17, 15) is 14.0 Å². The van der Waals surface area contributed by atoms with Crippen LogP contribution in [0.15, 0.2) is 53.5 Å². The van der Waals surface area contributed by atoms with Crippen LogP contribution in [0, 0.1) is 5.82 Å². The third kappa shape index (κ3) is 2.54. The van der Waals surface area contributed by atoms with E-state index in [0.29, 0.717) is 28.7 Å². The molecule has 0 fully saturated rings. The lowest BCUT2D eigenvalue weighted by Crippen LogP contribution is -2.37. The minimum Gasteiger partial charge on any atom is -0.329 e. The number of halogens is 1. The molecule has 6 heteroatoms. The summed E-state index contributed by atoms with van der Waals surface area (Å²) in [5, 5.41) is 4.02. The summed E-state index contributed by atoms with van der Waals surface area (Å²) in [6.45, 7) is 4.49. The van der Waals surface area contributed by atoms with E-state index in [2.05, 4.69) is 10.3 Å². The van der Waals surface area contributed by atoms with Gasteiger partial charge in [-0.2, -0.15) is 0 Å². The zero-order valence-electron chi connectivity index (χ0n) is 14.5. The van der Waals surface area contributed by atoms with Crippen LogP contribution >= 0.6 is 0 Å². The summed E-state index contributed by atoms with van der Waals surface area (Å²) in [6.07, 6.45) is 1.55. The van der Waals surface area contributed by atoms with Gasteiger partial charge in [-0.3, -0.25) is 9.69 Å². The predicted octanol–water partition coefficient (Wildman–Crippen LogP) is 4.00. The van der Waals surface area contributed by atoms with E-state index in [4.69, 9.17) is 0 Å². The molecule has 2 heterocycles. The molecule has 26 heavy (non-hydrogen) atoms. The van der Waals surface area contributed by atoms with Crippen molar-refractivity contribution in [1.29, 1.82) is 0 Å².